The molecular formula is C30H40N4O2. The quantitative estimate of drug-likeness (QED) is 0.583. The Balaban J connectivity index is 1.44. The summed E-state index contributed by atoms with van der Waals surface area (Å²) in [6, 6.07) is 13.0. The second-order valence-corrected chi connectivity index (χ2v) is 11.0. The van der Waals surface area contributed by atoms with Gasteiger partial charge in [-0.1, -0.05) is 49.9 Å². The average molecular weight is 489 g/mol. The normalized spacial score (nSPS) is 23.4. The number of hydrogen-bond acceptors (Lipinski definition) is 4. The molecular weight excluding hydrogens is 448 g/mol. The maximum absolute atomic E-state index is 13.7. The van der Waals surface area contributed by atoms with Gasteiger partial charge in [0.2, 0.25) is 11.8 Å². The van der Waals surface area contributed by atoms with E-state index in [0.29, 0.717) is 37.5 Å². The van der Waals surface area contributed by atoms with Crippen molar-refractivity contribution in [2.45, 2.75) is 89.9 Å². The van der Waals surface area contributed by atoms with E-state index < -0.39 is 0 Å². The van der Waals surface area contributed by atoms with Crippen molar-refractivity contribution in [3.05, 3.63) is 59.9 Å². The molecule has 2 aliphatic heterocycles. The molecule has 0 N–H and O–H groups in total. The van der Waals surface area contributed by atoms with Crippen LogP contribution in [0.2, 0.25) is 0 Å². The number of nitrogens with zero attached hydrogens (tertiary/aromatic N) is 4. The van der Waals surface area contributed by atoms with Crippen molar-refractivity contribution >= 4 is 17.5 Å². The standard InChI is InChI=1S/C30H40N4O2/c1-23(35)33-18-16-27-13-14-28(34(27)20-25-9-6-17-31-19-25)22-32(21-26-10-4-5-11-29(26)33)30(36)15-12-24-7-2-3-8-24/h4-6,9-11,17,19,24,27-28H,2-3,7-8,12-16,18,20-22H2,1H3. The summed E-state index contributed by atoms with van der Waals surface area (Å²) in [5.41, 5.74) is 3.23. The number of para-hydroxylation sites is 1. The molecule has 36 heavy (non-hydrogen) atoms. The summed E-state index contributed by atoms with van der Waals surface area (Å²) < 4.78 is 0. The molecule has 1 aliphatic carbocycles. The van der Waals surface area contributed by atoms with E-state index in [1.54, 1.807) is 6.92 Å². The number of hydrogen-bond donors (Lipinski definition) is 0. The second-order valence-electron chi connectivity index (χ2n) is 11.0. The molecule has 3 aliphatic rings. The molecule has 0 spiro atoms. The predicted molar refractivity (Wildman–Crippen MR) is 142 cm³/mol. The Hall–Kier alpha value is -2.73. The summed E-state index contributed by atoms with van der Waals surface area (Å²) in [7, 11) is 0. The molecule has 1 aromatic carbocycles. The number of rotatable bonds is 5. The van der Waals surface area contributed by atoms with Crippen molar-refractivity contribution in [1.82, 2.24) is 14.8 Å². The lowest BCUT2D eigenvalue weighted by Gasteiger charge is -2.34. The van der Waals surface area contributed by atoms with Crippen LogP contribution < -0.4 is 4.90 Å². The van der Waals surface area contributed by atoms with Crippen LogP contribution in [0.25, 0.3) is 0 Å². The first-order valence-corrected chi connectivity index (χ1v) is 13.9. The minimum absolute atomic E-state index is 0.0640. The summed E-state index contributed by atoms with van der Waals surface area (Å²) in [5.74, 6) is 1.03. The summed E-state index contributed by atoms with van der Waals surface area (Å²) in [4.78, 5) is 37.4. The lowest BCUT2D eigenvalue weighted by molar-refractivity contribution is -0.133. The second kappa shape index (κ2) is 11.5. The number of aromatic nitrogens is 1. The van der Waals surface area contributed by atoms with Crippen LogP contribution in [-0.2, 0) is 22.7 Å². The van der Waals surface area contributed by atoms with Gasteiger partial charge in [-0.15, -0.1) is 0 Å². The molecule has 2 fully saturated rings. The number of fused-ring (bicyclic) bond motifs is 3. The SMILES string of the molecule is CC(=O)N1CCC2CCC(CN(C(=O)CCC3CCCC3)Cc3ccccc31)N2Cc1cccnc1. The molecule has 2 aromatic rings. The van der Waals surface area contributed by atoms with Gasteiger partial charge in [-0.05, 0) is 54.9 Å². The number of carbonyl (C=O) groups is 2. The van der Waals surface area contributed by atoms with Crippen molar-refractivity contribution in [2.24, 2.45) is 5.92 Å². The minimum Gasteiger partial charge on any atom is -0.337 e. The Kier molecular flexibility index (Phi) is 8.00. The van der Waals surface area contributed by atoms with Gasteiger partial charge in [0.25, 0.3) is 0 Å². The molecule has 3 heterocycles. The van der Waals surface area contributed by atoms with Crippen LogP contribution in [0, 0.1) is 5.92 Å². The van der Waals surface area contributed by atoms with E-state index in [9.17, 15) is 9.59 Å². The van der Waals surface area contributed by atoms with Gasteiger partial charge in [0.15, 0.2) is 0 Å². The first-order valence-electron chi connectivity index (χ1n) is 13.9. The van der Waals surface area contributed by atoms with Crippen LogP contribution in [0.4, 0.5) is 5.69 Å². The smallest absolute Gasteiger partial charge is 0.223 e. The van der Waals surface area contributed by atoms with Gasteiger partial charge in [0.05, 0.1) is 0 Å². The molecule has 2 atom stereocenters. The van der Waals surface area contributed by atoms with E-state index in [4.69, 9.17) is 0 Å². The number of pyridine rings is 1. The number of anilines is 1. The maximum Gasteiger partial charge on any atom is 0.223 e. The van der Waals surface area contributed by atoms with Gasteiger partial charge >= 0.3 is 0 Å². The fourth-order valence-corrected chi connectivity index (χ4v) is 6.61. The molecule has 1 saturated heterocycles. The average Bonchev–Trinajstić information content (AvgIpc) is 3.53. The van der Waals surface area contributed by atoms with Crippen LogP contribution in [0.15, 0.2) is 48.8 Å². The first-order chi connectivity index (χ1) is 17.6. The lowest BCUT2D eigenvalue weighted by atomic mass is 10.0. The van der Waals surface area contributed by atoms with Gasteiger partial charge in [-0.25, -0.2) is 0 Å². The minimum atomic E-state index is 0.0640. The van der Waals surface area contributed by atoms with Gasteiger partial charge in [-0.3, -0.25) is 19.5 Å². The zero-order chi connectivity index (χ0) is 24.9. The Morgan fingerprint density at radius 2 is 1.78 bits per heavy atom. The van der Waals surface area contributed by atoms with E-state index in [1.807, 2.05) is 41.6 Å². The fraction of sp³-hybridized carbons (Fsp3) is 0.567. The van der Waals surface area contributed by atoms with Crippen LogP contribution in [-0.4, -0.2) is 51.8 Å². The predicted octanol–water partition coefficient (Wildman–Crippen LogP) is 5.17. The zero-order valence-corrected chi connectivity index (χ0v) is 21.6. The van der Waals surface area contributed by atoms with Crippen LogP contribution in [0.3, 0.4) is 0 Å². The van der Waals surface area contributed by atoms with Gasteiger partial charge in [0, 0.05) is 69.7 Å². The number of benzene rings is 1. The van der Waals surface area contributed by atoms with E-state index >= 15 is 0 Å². The van der Waals surface area contributed by atoms with E-state index in [-0.39, 0.29) is 11.8 Å². The van der Waals surface area contributed by atoms with Crippen molar-refractivity contribution in [3.63, 3.8) is 0 Å². The molecule has 1 saturated carbocycles. The summed E-state index contributed by atoms with van der Waals surface area (Å²) >= 11 is 0. The third-order valence-electron chi connectivity index (χ3n) is 8.59. The van der Waals surface area contributed by atoms with E-state index in [1.165, 1.54) is 31.2 Å². The molecule has 2 unspecified atom stereocenters. The molecule has 192 valence electrons. The molecule has 2 amide bonds. The van der Waals surface area contributed by atoms with Gasteiger partial charge in [-0.2, -0.15) is 0 Å². The monoisotopic (exact) mass is 488 g/mol. The lowest BCUT2D eigenvalue weighted by Crippen LogP contribution is -2.45. The molecule has 5 rings (SSSR count). The number of amides is 2. The highest BCUT2D eigenvalue weighted by Crippen LogP contribution is 2.33. The van der Waals surface area contributed by atoms with Gasteiger partial charge < -0.3 is 9.80 Å². The molecule has 6 heteroatoms. The zero-order valence-electron chi connectivity index (χ0n) is 21.6. The van der Waals surface area contributed by atoms with E-state index in [0.717, 1.165) is 50.0 Å². The highest BCUT2D eigenvalue weighted by Gasteiger charge is 2.36. The topological polar surface area (TPSA) is 56.8 Å². The van der Waals surface area contributed by atoms with Crippen LogP contribution in [0.5, 0.6) is 0 Å². The fourth-order valence-electron chi connectivity index (χ4n) is 6.61. The van der Waals surface area contributed by atoms with Crippen LogP contribution in [0.1, 0.15) is 75.8 Å². The molecule has 2 bridgehead atoms. The highest BCUT2D eigenvalue weighted by molar-refractivity contribution is 5.92. The van der Waals surface area contributed by atoms with Crippen molar-refractivity contribution in [1.29, 1.82) is 0 Å². The number of carbonyl (C=O) groups excluding carboxylic acids is 2. The molecule has 0 radical (unpaired) electrons. The Labute approximate surface area is 215 Å². The van der Waals surface area contributed by atoms with Crippen LogP contribution >= 0.6 is 0 Å². The maximum atomic E-state index is 13.7. The summed E-state index contributed by atoms with van der Waals surface area (Å²) in [5, 5.41) is 0. The van der Waals surface area contributed by atoms with Crippen molar-refractivity contribution in [3.8, 4) is 0 Å². The Morgan fingerprint density at radius 1 is 0.972 bits per heavy atom. The Bertz CT molecular complexity index is 1040. The molecule has 1 aromatic heterocycles. The van der Waals surface area contributed by atoms with Crippen molar-refractivity contribution in [2.75, 3.05) is 18.0 Å². The largest absolute Gasteiger partial charge is 0.337 e. The third-order valence-corrected chi connectivity index (χ3v) is 8.59. The highest BCUT2D eigenvalue weighted by atomic mass is 16.2. The van der Waals surface area contributed by atoms with Gasteiger partial charge in [0.1, 0.15) is 0 Å². The summed E-state index contributed by atoms with van der Waals surface area (Å²) in [6.45, 7) is 4.50. The molecule has 6 nitrogen and oxygen atoms in total. The third kappa shape index (κ3) is 5.80. The van der Waals surface area contributed by atoms with E-state index in [2.05, 4.69) is 26.9 Å². The first kappa shape index (κ1) is 24.9. The Morgan fingerprint density at radius 3 is 2.56 bits per heavy atom. The van der Waals surface area contributed by atoms with Crippen molar-refractivity contribution < 1.29 is 9.59 Å². The summed E-state index contributed by atoms with van der Waals surface area (Å²) in [6.07, 6.45) is 13.7.